The Morgan fingerprint density at radius 1 is 1.03 bits per heavy atom. The predicted octanol–water partition coefficient (Wildman–Crippen LogP) is 1.88. The first-order valence-corrected chi connectivity index (χ1v) is 10.8. The van der Waals surface area contributed by atoms with Crippen molar-refractivity contribution < 1.29 is 14.4 Å². The number of benzene rings is 1. The number of amides is 4. The van der Waals surface area contributed by atoms with Crippen molar-refractivity contribution in [3.8, 4) is 0 Å². The summed E-state index contributed by atoms with van der Waals surface area (Å²) < 4.78 is 0. The van der Waals surface area contributed by atoms with Gasteiger partial charge in [-0.05, 0) is 62.1 Å². The van der Waals surface area contributed by atoms with Crippen LogP contribution in [-0.2, 0) is 4.79 Å². The Hall–Kier alpha value is -3.03. The lowest BCUT2D eigenvalue weighted by molar-refractivity contribution is -0.123. The molecule has 1 aromatic carbocycles. The SMILES string of the molecule is O=C1NC[C@H](C(=O)N[C@@H]2CCC[C@H](NC(=O)c3cc4c(C5CC5)cccc4[nH]3)C2)N1. The number of hydrogen-bond donors (Lipinski definition) is 5. The van der Waals surface area contributed by atoms with E-state index in [1.54, 1.807) is 0 Å². The van der Waals surface area contributed by atoms with E-state index in [9.17, 15) is 14.4 Å². The third kappa shape index (κ3) is 3.86. The van der Waals surface area contributed by atoms with Gasteiger partial charge in [-0.2, -0.15) is 0 Å². The minimum atomic E-state index is -0.528. The van der Waals surface area contributed by atoms with Crippen LogP contribution in [0.3, 0.4) is 0 Å². The Labute approximate surface area is 174 Å². The lowest BCUT2D eigenvalue weighted by Gasteiger charge is -2.30. The van der Waals surface area contributed by atoms with Crippen LogP contribution in [0.15, 0.2) is 24.3 Å². The molecule has 30 heavy (non-hydrogen) atoms. The molecule has 1 aromatic heterocycles. The zero-order chi connectivity index (χ0) is 20.7. The minimum Gasteiger partial charge on any atom is -0.351 e. The molecule has 8 heteroatoms. The van der Waals surface area contributed by atoms with E-state index >= 15 is 0 Å². The van der Waals surface area contributed by atoms with E-state index in [1.807, 2.05) is 18.2 Å². The number of H-pyrrole nitrogens is 1. The number of aromatic amines is 1. The van der Waals surface area contributed by atoms with Gasteiger partial charge >= 0.3 is 6.03 Å². The molecule has 5 rings (SSSR count). The zero-order valence-electron chi connectivity index (χ0n) is 16.8. The summed E-state index contributed by atoms with van der Waals surface area (Å²) in [6, 6.07) is 7.36. The van der Waals surface area contributed by atoms with E-state index in [0.717, 1.165) is 30.2 Å². The number of nitrogens with one attached hydrogen (secondary N) is 5. The van der Waals surface area contributed by atoms with Crippen LogP contribution in [-0.4, -0.2) is 47.5 Å². The summed E-state index contributed by atoms with van der Waals surface area (Å²) >= 11 is 0. The lowest BCUT2D eigenvalue weighted by Crippen LogP contribution is -2.50. The molecule has 2 aromatic rings. The molecule has 3 atom stereocenters. The number of urea groups is 1. The highest BCUT2D eigenvalue weighted by Gasteiger charge is 2.31. The van der Waals surface area contributed by atoms with Gasteiger partial charge in [0.15, 0.2) is 0 Å². The minimum absolute atomic E-state index is 0.00163. The smallest absolute Gasteiger partial charge is 0.315 e. The van der Waals surface area contributed by atoms with E-state index in [4.69, 9.17) is 0 Å². The van der Waals surface area contributed by atoms with Gasteiger partial charge in [-0.3, -0.25) is 9.59 Å². The molecule has 0 spiro atoms. The third-order valence-electron chi connectivity index (χ3n) is 6.40. The van der Waals surface area contributed by atoms with Crippen LogP contribution in [0.2, 0.25) is 0 Å². The quantitative estimate of drug-likeness (QED) is 0.519. The third-order valence-corrected chi connectivity index (χ3v) is 6.40. The summed E-state index contributed by atoms with van der Waals surface area (Å²) in [6.45, 7) is 0.306. The Kier molecular flexibility index (Phi) is 4.84. The Balaban J connectivity index is 1.20. The monoisotopic (exact) mass is 409 g/mol. The van der Waals surface area contributed by atoms with E-state index in [2.05, 4.69) is 32.3 Å². The summed E-state index contributed by atoms with van der Waals surface area (Å²) in [5.41, 5.74) is 2.92. The van der Waals surface area contributed by atoms with E-state index in [0.29, 0.717) is 24.6 Å². The maximum atomic E-state index is 12.9. The van der Waals surface area contributed by atoms with Gasteiger partial charge in [-0.15, -0.1) is 0 Å². The number of rotatable bonds is 5. The van der Waals surface area contributed by atoms with Crippen molar-refractivity contribution in [3.63, 3.8) is 0 Å². The summed E-state index contributed by atoms with van der Waals surface area (Å²) in [6.07, 6.45) is 5.85. The van der Waals surface area contributed by atoms with E-state index in [-0.39, 0.29) is 29.9 Å². The molecule has 2 saturated carbocycles. The molecule has 8 nitrogen and oxygen atoms in total. The van der Waals surface area contributed by atoms with Crippen molar-refractivity contribution in [2.45, 2.75) is 62.6 Å². The van der Waals surface area contributed by atoms with Crippen molar-refractivity contribution in [2.75, 3.05) is 6.54 Å². The molecule has 1 saturated heterocycles. The van der Waals surface area contributed by atoms with Crippen LogP contribution in [0.5, 0.6) is 0 Å². The maximum Gasteiger partial charge on any atom is 0.315 e. The molecule has 4 amide bonds. The van der Waals surface area contributed by atoms with Crippen molar-refractivity contribution in [3.05, 3.63) is 35.5 Å². The fraction of sp³-hybridized carbons (Fsp3) is 0.500. The summed E-state index contributed by atoms with van der Waals surface area (Å²) in [5.74, 6) is 0.355. The molecule has 0 radical (unpaired) electrons. The Morgan fingerprint density at radius 3 is 2.57 bits per heavy atom. The van der Waals surface area contributed by atoms with Gasteiger partial charge in [0.05, 0.1) is 0 Å². The van der Waals surface area contributed by atoms with Gasteiger partial charge in [-0.25, -0.2) is 4.79 Å². The summed E-state index contributed by atoms with van der Waals surface area (Å²) in [7, 11) is 0. The summed E-state index contributed by atoms with van der Waals surface area (Å²) in [4.78, 5) is 39.7. The van der Waals surface area contributed by atoms with E-state index in [1.165, 1.54) is 18.4 Å². The first kappa shape index (κ1) is 19.0. The Bertz CT molecular complexity index is 996. The highest BCUT2D eigenvalue weighted by atomic mass is 16.2. The average Bonchev–Trinajstić information content (AvgIpc) is 3.32. The van der Waals surface area contributed by atoms with Crippen molar-refractivity contribution in [2.24, 2.45) is 0 Å². The van der Waals surface area contributed by atoms with Gasteiger partial charge in [0.25, 0.3) is 5.91 Å². The predicted molar refractivity (Wildman–Crippen MR) is 112 cm³/mol. The van der Waals surface area contributed by atoms with Crippen LogP contribution in [0.1, 0.15) is 60.5 Å². The van der Waals surface area contributed by atoms with Crippen molar-refractivity contribution >= 4 is 28.7 Å². The topological polar surface area (TPSA) is 115 Å². The fourth-order valence-electron chi connectivity index (χ4n) is 4.68. The van der Waals surface area contributed by atoms with Gasteiger partial charge in [-0.1, -0.05) is 12.1 Å². The fourth-order valence-corrected chi connectivity index (χ4v) is 4.68. The highest BCUT2D eigenvalue weighted by molar-refractivity contribution is 5.99. The van der Waals surface area contributed by atoms with Crippen LogP contribution >= 0.6 is 0 Å². The molecule has 2 aliphatic carbocycles. The zero-order valence-corrected chi connectivity index (χ0v) is 16.8. The number of carbonyl (C=O) groups excluding carboxylic acids is 3. The van der Waals surface area contributed by atoms with Crippen LogP contribution in [0.4, 0.5) is 4.79 Å². The lowest BCUT2D eigenvalue weighted by atomic mass is 9.90. The summed E-state index contributed by atoms with van der Waals surface area (Å²) in [5, 5.41) is 12.5. The van der Waals surface area contributed by atoms with Gasteiger partial charge in [0.2, 0.25) is 5.91 Å². The molecule has 0 bridgehead atoms. The van der Waals surface area contributed by atoms with Gasteiger partial charge in [0, 0.05) is 29.5 Å². The van der Waals surface area contributed by atoms with Crippen LogP contribution in [0.25, 0.3) is 10.9 Å². The standard InChI is InChI=1S/C22H27N5O3/c28-20(18-10-16-15(12-7-8-12)5-2-6-17(16)26-18)24-13-3-1-4-14(9-13)25-21(29)19-11-23-22(30)27-19/h2,5-6,10,12-14,19,26H,1,3-4,7-9,11H2,(H,24,28)(H,25,29)(H2,23,27,30)/t13-,14+,19+/m0/s1. The molecule has 158 valence electrons. The number of carbonyl (C=O) groups is 3. The first-order chi connectivity index (χ1) is 14.6. The van der Waals surface area contributed by atoms with E-state index < -0.39 is 6.04 Å². The molecule has 1 aliphatic heterocycles. The van der Waals surface area contributed by atoms with Gasteiger partial charge in [0.1, 0.15) is 11.7 Å². The number of hydrogen-bond acceptors (Lipinski definition) is 3. The van der Waals surface area contributed by atoms with Crippen LogP contribution in [0, 0.1) is 0 Å². The maximum absolute atomic E-state index is 12.9. The molecule has 0 unspecified atom stereocenters. The molecule has 5 N–H and O–H groups in total. The molecule has 2 heterocycles. The van der Waals surface area contributed by atoms with Gasteiger partial charge < -0.3 is 26.3 Å². The molecular formula is C22H27N5O3. The second-order valence-electron chi connectivity index (χ2n) is 8.72. The second kappa shape index (κ2) is 7.66. The first-order valence-electron chi connectivity index (χ1n) is 10.8. The van der Waals surface area contributed by atoms with Crippen molar-refractivity contribution in [1.29, 1.82) is 0 Å². The average molecular weight is 409 g/mol. The van der Waals surface area contributed by atoms with Crippen molar-refractivity contribution in [1.82, 2.24) is 26.3 Å². The number of fused-ring (bicyclic) bond motifs is 1. The normalized spacial score (nSPS) is 26.1. The largest absolute Gasteiger partial charge is 0.351 e. The molecule has 3 aliphatic rings. The molecular weight excluding hydrogens is 382 g/mol. The van der Waals surface area contributed by atoms with Crippen LogP contribution < -0.4 is 21.3 Å². The highest BCUT2D eigenvalue weighted by Crippen LogP contribution is 2.43. The second-order valence-corrected chi connectivity index (χ2v) is 8.72. The molecule has 3 fully saturated rings. The number of aromatic nitrogens is 1. The Morgan fingerprint density at radius 2 is 1.83 bits per heavy atom.